The predicted molar refractivity (Wildman–Crippen MR) is 101 cm³/mol. The van der Waals surface area contributed by atoms with Gasteiger partial charge in [-0.1, -0.05) is 0 Å². The van der Waals surface area contributed by atoms with Gasteiger partial charge in [0.1, 0.15) is 11.3 Å². The molecule has 1 aromatic carbocycles. The van der Waals surface area contributed by atoms with Crippen LogP contribution >= 0.6 is 12.4 Å². The molecule has 7 heteroatoms. The first-order valence-electron chi connectivity index (χ1n) is 8.05. The Labute approximate surface area is 153 Å². The van der Waals surface area contributed by atoms with Crippen molar-refractivity contribution in [3.05, 3.63) is 39.7 Å². The monoisotopic (exact) mass is 368 g/mol. The van der Waals surface area contributed by atoms with E-state index in [0.29, 0.717) is 29.9 Å². The molecule has 25 heavy (non-hydrogen) atoms. The van der Waals surface area contributed by atoms with Crippen molar-refractivity contribution in [1.29, 1.82) is 0 Å². The van der Waals surface area contributed by atoms with Gasteiger partial charge in [-0.2, -0.15) is 0 Å². The zero-order chi connectivity index (χ0) is 17.7. The van der Waals surface area contributed by atoms with Crippen LogP contribution in [-0.2, 0) is 11.2 Å². The van der Waals surface area contributed by atoms with Gasteiger partial charge in [-0.25, -0.2) is 4.79 Å². The number of rotatable bonds is 7. The van der Waals surface area contributed by atoms with Gasteiger partial charge in [0.2, 0.25) is 5.91 Å². The van der Waals surface area contributed by atoms with Crippen molar-refractivity contribution >= 4 is 29.3 Å². The Morgan fingerprint density at radius 2 is 2.12 bits per heavy atom. The lowest BCUT2D eigenvalue weighted by atomic mass is 10.0. The van der Waals surface area contributed by atoms with Crippen molar-refractivity contribution in [3.63, 3.8) is 0 Å². The van der Waals surface area contributed by atoms with Crippen LogP contribution in [0.25, 0.3) is 11.0 Å². The van der Waals surface area contributed by atoms with E-state index < -0.39 is 5.63 Å². The smallest absolute Gasteiger partial charge is 0.339 e. The Bertz CT molecular complexity index is 786. The lowest BCUT2D eigenvalue weighted by Crippen LogP contribution is -2.29. The zero-order valence-electron chi connectivity index (χ0n) is 14.8. The second-order valence-corrected chi connectivity index (χ2v) is 5.97. The standard InChI is InChI=1S/C18H24N2O4.ClH/c1-11(19)8-9-20-17(21)7-6-15-12(2)14-5-4-13(23-3)10-16(14)24-18(15)22;/h4-5,10-11H,6-9,19H2,1-3H3,(H,20,21);1H. The number of benzene rings is 1. The summed E-state index contributed by atoms with van der Waals surface area (Å²) in [7, 11) is 1.56. The van der Waals surface area contributed by atoms with Gasteiger partial charge in [0.15, 0.2) is 0 Å². The molecule has 0 bridgehead atoms. The normalized spacial score (nSPS) is 11.7. The van der Waals surface area contributed by atoms with E-state index in [9.17, 15) is 9.59 Å². The number of aryl methyl sites for hydroxylation is 1. The van der Waals surface area contributed by atoms with Gasteiger partial charge in [0.05, 0.1) is 7.11 Å². The van der Waals surface area contributed by atoms with E-state index in [1.165, 1.54) is 0 Å². The zero-order valence-corrected chi connectivity index (χ0v) is 15.6. The molecule has 0 spiro atoms. The number of methoxy groups -OCH3 is 1. The van der Waals surface area contributed by atoms with Gasteiger partial charge in [-0.3, -0.25) is 4.79 Å². The first-order valence-corrected chi connectivity index (χ1v) is 8.05. The maximum Gasteiger partial charge on any atom is 0.339 e. The fourth-order valence-electron chi connectivity index (χ4n) is 2.56. The van der Waals surface area contributed by atoms with Crippen LogP contribution in [0.4, 0.5) is 0 Å². The van der Waals surface area contributed by atoms with Crippen LogP contribution in [0.2, 0.25) is 0 Å². The third-order valence-electron chi connectivity index (χ3n) is 4.02. The van der Waals surface area contributed by atoms with Gasteiger partial charge in [-0.05, 0) is 44.4 Å². The van der Waals surface area contributed by atoms with Crippen LogP contribution in [0.15, 0.2) is 27.4 Å². The first-order chi connectivity index (χ1) is 11.4. The van der Waals surface area contributed by atoms with E-state index >= 15 is 0 Å². The maximum atomic E-state index is 12.2. The van der Waals surface area contributed by atoms with E-state index in [2.05, 4.69) is 5.32 Å². The van der Waals surface area contributed by atoms with Gasteiger partial charge in [0.25, 0.3) is 0 Å². The Morgan fingerprint density at radius 3 is 2.76 bits per heavy atom. The minimum atomic E-state index is -0.406. The van der Waals surface area contributed by atoms with E-state index in [1.54, 1.807) is 13.2 Å². The molecule has 0 radical (unpaired) electrons. The van der Waals surface area contributed by atoms with Crippen molar-refractivity contribution in [2.75, 3.05) is 13.7 Å². The lowest BCUT2D eigenvalue weighted by Gasteiger charge is -2.10. The summed E-state index contributed by atoms with van der Waals surface area (Å²) in [5, 5.41) is 3.66. The number of carbonyl (C=O) groups excluding carboxylic acids is 1. The molecule has 1 amide bonds. The SMILES string of the molecule is COc1ccc2c(C)c(CCC(=O)NCCC(C)N)c(=O)oc2c1.Cl. The summed E-state index contributed by atoms with van der Waals surface area (Å²) in [6.45, 7) is 4.31. The molecule has 138 valence electrons. The summed E-state index contributed by atoms with van der Waals surface area (Å²) in [6.07, 6.45) is 1.32. The van der Waals surface area contributed by atoms with Gasteiger partial charge < -0.3 is 20.2 Å². The second kappa shape index (κ2) is 9.44. The van der Waals surface area contributed by atoms with Gasteiger partial charge in [0, 0.05) is 36.0 Å². The maximum absolute atomic E-state index is 12.2. The molecule has 0 aliphatic heterocycles. The third-order valence-corrected chi connectivity index (χ3v) is 4.02. The number of hydrogen-bond donors (Lipinski definition) is 2. The summed E-state index contributed by atoms with van der Waals surface area (Å²) in [6, 6.07) is 5.42. The largest absolute Gasteiger partial charge is 0.497 e. The molecule has 3 N–H and O–H groups in total. The van der Waals surface area contributed by atoms with Crippen LogP contribution in [0.3, 0.4) is 0 Å². The number of fused-ring (bicyclic) bond motifs is 1. The van der Waals surface area contributed by atoms with E-state index in [-0.39, 0.29) is 30.8 Å². The second-order valence-electron chi connectivity index (χ2n) is 5.97. The minimum Gasteiger partial charge on any atom is -0.497 e. The molecule has 6 nitrogen and oxygen atoms in total. The van der Waals surface area contributed by atoms with Crippen molar-refractivity contribution in [3.8, 4) is 5.75 Å². The van der Waals surface area contributed by atoms with Crippen LogP contribution in [0.5, 0.6) is 5.75 Å². The highest BCUT2D eigenvalue weighted by atomic mass is 35.5. The average molecular weight is 369 g/mol. The summed E-state index contributed by atoms with van der Waals surface area (Å²) < 4.78 is 10.5. The van der Waals surface area contributed by atoms with Gasteiger partial charge in [-0.15, -0.1) is 12.4 Å². The molecule has 2 aromatic rings. The minimum absolute atomic E-state index is 0. The van der Waals surface area contributed by atoms with Crippen LogP contribution in [-0.4, -0.2) is 25.6 Å². The number of carbonyl (C=O) groups is 1. The highest BCUT2D eigenvalue weighted by Crippen LogP contribution is 2.24. The fourth-order valence-corrected chi connectivity index (χ4v) is 2.56. The third kappa shape index (κ3) is 5.47. The highest BCUT2D eigenvalue weighted by molar-refractivity contribution is 5.85. The van der Waals surface area contributed by atoms with Crippen molar-refractivity contribution in [2.24, 2.45) is 5.73 Å². The Hall–Kier alpha value is -2.05. The molecule has 0 saturated heterocycles. The molecule has 1 atom stereocenters. The number of nitrogens with one attached hydrogen (secondary N) is 1. The van der Waals surface area contributed by atoms with E-state index in [0.717, 1.165) is 17.4 Å². The van der Waals surface area contributed by atoms with Crippen molar-refractivity contribution < 1.29 is 13.9 Å². The Balaban J connectivity index is 0.00000312. The average Bonchev–Trinajstić information content (AvgIpc) is 2.53. The predicted octanol–water partition coefficient (Wildman–Crippen LogP) is 2.32. The number of amides is 1. The molecular weight excluding hydrogens is 344 g/mol. The molecule has 0 aliphatic rings. The van der Waals surface area contributed by atoms with E-state index in [4.69, 9.17) is 14.9 Å². The summed E-state index contributed by atoms with van der Waals surface area (Å²) in [4.78, 5) is 24.1. The summed E-state index contributed by atoms with van der Waals surface area (Å²) >= 11 is 0. The van der Waals surface area contributed by atoms with Crippen LogP contribution in [0, 0.1) is 6.92 Å². The number of halogens is 1. The van der Waals surface area contributed by atoms with Crippen molar-refractivity contribution in [2.45, 2.75) is 39.2 Å². The number of hydrogen-bond acceptors (Lipinski definition) is 5. The molecule has 1 aromatic heterocycles. The molecule has 0 saturated carbocycles. The van der Waals surface area contributed by atoms with Gasteiger partial charge >= 0.3 is 5.63 Å². The Kier molecular flexibility index (Phi) is 7.93. The molecule has 2 rings (SSSR count). The Morgan fingerprint density at radius 1 is 1.40 bits per heavy atom. The first kappa shape index (κ1) is 21.0. The van der Waals surface area contributed by atoms with E-state index in [1.807, 2.05) is 26.0 Å². The molecule has 0 aliphatic carbocycles. The molecule has 1 heterocycles. The van der Waals surface area contributed by atoms with Crippen molar-refractivity contribution in [1.82, 2.24) is 5.32 Å². The number of ether oxygens (including phenoxy) is 1. The molecular formula is C18H25ClN2O4. The summed E-state index contributed by atoms with van der Waals surface area (Å²) in [5.41, 5.74) is 7.10. The van der Waals surface area contributed by atoms with Crippen LogP contribution in [0.1, 0.15) is 30.9 Å². The molecule has 1 unspecified atom stereocenters. The van der Waals surface area contributed by atoms with Crippen LogP contribution < -0.4 is 21.4 Å². The molecule has 0 fully saturated rings. The summed E-state index contributed by atoms with van der Waals surface area (Å²) in [5.74, 6) is 0.538. The number of nitrogens with two attached hydrogens (primary N) is 1. The quantitative estimate of drug-likeness (QED) is 0.731. The fraction of sp³-hybridized carbons (Fsp3) is 0.444. The topological polar surface area (TPSA) is 94.6 Å². The highest BCUT2D eigenvalue weighted by Gasteiger charge is 2.13. The lowest BCUT2D eigenvalue weighted by molar-refractivity contribution is -0.121.